The van der Waals surface area contributed by atoms with Crippen molar-refractivity contribution in [1.29, 1.82) is 0 Å². The number of benzene rings is 2. The van der Waals surface area contributed by atoms with E-state index >= 15 is 0 Å². The Morgan fingerprint density at radius 3 is 2.63 bits per heavy atom. The Bertz CT molecular complexity index is 1210. The first kappa shape index (κ1) is 23.9. The quantitative estimate of drug-likeness (QED) is 0.420. The van der Waals surface area contributed by atoms with Crippen LogP contribution in [0.1, 0.15) is 66.2 Å². The molecule has 186 valence electrons. The predicted octanol–water partition coefficient (Wildman–Crippen LogP) is 5.95. The van der Waals surface area contributed by atoms with Gasteiger partial charge < -0.3 is 19.6 Å². The minimum atomic E-state index is -0.899. The van der Waals surface area contributed by atoms with Crippen LogP contribution in [-0.4, -0.2) is 47.3 Å². The smallest absolute Gasteiger partial charge is 0.335 e. The minimum Gasteiger partial charge on any atom is -0.496 e. The van der Waals surface area contributed by atoms with Crippen molar-refractivity contribution < 1.29 is 19.4 Å². The first-order chi connectivity index (χ1) is 16.8. The number of aromatic carboxylic acids is 1. The van der Waals surface area contributed by atoms with Crippen LogP contribution in [0.25, 0.3) is 10.9 Å². The van der Waals surface area contributed by atoms with Crippen molar-refractivity contribution in [2.24, 2.45) is 11.3 Å². The highest BCUT2D eigenvalue weighted by Gasteiger charge is 2.46. The monoisotopic (exact) mass is 476 g/mol. The SMILES string of the molecule is COc1cc(C)c2[nH]ccc2c1CN1CC[C@H](OCC2CC2(C)C)C[C@H]1c1ccc(C(=O)O)cc1. The third-order valence-corrected chi connectivity index (χ3v) is 8.15. The summed E-state index contributed by atoms with van der Waals surface area (Å²) in [6.07, 6.45) is 5.32. The molecule has 35 heavy (non-hydrogen) atoms. The van der Waals surface area contributed by atoms with E-state index in [9.17, 15) is 9.90 Å². The molecule has 1 saturated carbocycles. The standard InChI is InChI=1S/C29H36N2O4/c1-18-13-26(34-4)24(23-9-11-30-27(18)23)16-31-12-10-22(35-17-21-15-29(21,2)3)14-25(31)19-5-7-20(8-6-19)28(32)33/h5-9,11,13,21-22,25,30H,10,12,14-17H2,1-4H3,(H,32,33)/t21?,22-,25-/m0/s1. The fraction of sp³-hybridized carbons (Fsp3) is 0.483. The van der Waals surface area contributed by atoms with E-state index in [1.165, 1.54) is 22.9 Å². The molecule has 2 aromatic carbocycles. The molecule has 2 fully saturated rings. The molecule has 1 aromatic heterocycles. The van der Waals surface area contributed by atoms with E-state index in [2.05, 4.69) is 42.8 Å². The van der Waals surface area contributed by atoms with Gasteiger partial charge >= 0.3 is 5.97 Å². The number of carboxylic acid groups (broad SMARTS) is 1. The minimum absolute atomic E-state index is 0.142. The second-order valence-electron chi connectivity index (χ2n) is 10.9. The molecule has 2 N–H and O–H groups in total. The Balaban J connectivity index is 1.41. The van der Waals surface area contributed by atoms with Crippen LogP contribution in [0.2, 0.25) is 0 Å². The number of carboxylic acids is 1. The lowest BCUT2D eigenvalue weighted by atomic mass is 9.91. The fourth-order valence-corrected chi connectivity index (χ4v) is 5.61. The number of nitrogens with one attached hydrogen (secondary N) is 1. The second-order valence-corrected chi connectivity index (χ2v) is 10.9. The molecule has 0 amide bonds. The molecule has 2 aliphatic rings. The molecular formula is C29H36N2O4. The number of aryl methyl sites for hydroxylation is 1. The van der Waals surface area contributed by atoms with Crippen LogP contribution in [-0.2, 0) is 11.3 Å². The topological polar surface area (TPSA) is 74.8 Å². The van der Waals surface area contributed by atoms with Crippen molar-refractivity contribution in [2.45, 2.75) is 58.7 Å². The zero-order valence-electron chi connectivity index (χ0n) is 21.1. The molecule has 1 aliphatic carbocycles. The molecule has 0 radical (unpaired) electrons. The summed E-state index contributed by atoms with van der Waals surface area (Å²) in [4.78, 5) is 17.3. The van der Waals surface area contributed by atoms with Gasteiger partial charge in [0.25, 0.3) is 0 Å². The largest absolute Gasteiger partial charge is 0.496 e. The third-order valence-electron chi connectivity index (χ3n) is 8.15. The molecule has 3 atom stereocenters. The Kier molecular flexibility index (Phi) is 6.36. The molecule has 6 nitrogen and oxygen atoms in total. The van der Waals surface area contributed by atoms with Crippen LogP contribution in [0.3, 0.4) is 0 Å². The van der Waals surface area contributed by atoms with Gasteiger partial charge in [0.05, 0.1) is 25.4 Å². The highest BCUT2D eigenvalue weighted by Crippen LogP contribution is 2.52. The number of nitrogens with zero attached hydrogens (tertiary/aromatic N) is 1. The Morgan fingerprint density at radius 2 is 1.97 bits per heavy atom. The summed E-state index contributed by atoms with van der Waals surface area (Å²) in [5, 5.41) is 10.5. The van der Waals surface area contributed by atoms with Gasteiger partial charge in [0.1, 0.15) is 5.75 Å². The van der Waals surface area contributed by atoms with Gasteiger partial charge in [-0.15, -0.1) is 0 Å². The zero-order chi connectivity index (χ0) is 24.7. The number of hydrogen-bond donors (Lipinski definition) is 2. The molecule has 1 aliphatic heterocycles. The number of aromatic nitrogens is 1. The molecule has 3 aromatic rings. The van der Waals surface area contributed by atoms with Gasteiger partial charge in [0, 0.05) is 41.8 Å². The second kappa shape index (κ2) is 9.32. The third kappa shape index (κ3) is 4.82. The maximum absolute atomic E-state index is 11.4. The van der Waals surface area contributed by atoms with Gasteiger partial charge in [0.2, 0.25) is 0 Å². The van der Waals surface area contributed by atoms with E-state index in [4.69, 9.17) is 9.47 Å². The van der Waals surface area contributed by atoms with Crippen LogP contribution < -0.4 is 4.74 Å². The Labute approximate surface area is 207 Å². The lowest BCUT2D eigenvalue weighted by Crippen LogP contribution is -2.39. The van der Waals surface area contributed by atoms with Crippen molar-refractivity contribution in [1.82, 2.24) is 9.88 Å². The number of piperidine rings is 1. The molecular weight excluding hydrogens is 440 g/mol. The number of carbonyl (C=O) groups is 1. The van der Waals surface area contributed by atoms with Crippen molar-refractivity contribution in [2.75, 3.05) is 20.3 Å². The Hall–Kier alpha value is -2.83. The van der Waals surface area contributed by atoms with E-state index in [1.807, 2.05) is 18.3 Å². The molecule has 6 heteroatoms. The molecule has 1 saturated heterocycles. The summed E-state index contributed by atoms with van der Waals surface area (Å²) < 4.78 is 12.2. The van der Waals surface area contributed by atoms with Crippen molar-refractivity contribution >= 4 is 16.9 Å². The van der Waals surface area contributed by atoms with E-state index in [-0.39, 0.29) is 12.1 Å². The van der Waals surface area contributed by atoms with Crippen LogP contribution >= 0.6 is 0 Å². The summed E-state index contributed by atoms with van der Waals surface area (Å²) >= 11 is 0. The average molecular weight is 477 g/mol. The van der Waals surface area contributed by atoms with Crippen LogP contribution in [0.15, 0.2) is 42.6 Å². The number of rotatable bonds is 8. The Morgan fingerprint density at radius 1 is 1.23 bits per heavy atom. The fourth-order valence-electron chi connectivity index (χ4n) is 5.61. The van der Waals surface area contributed by atoms with Crippen LogP contribution in [0.4, 0.5) is 0 Å². The van der Waals surface area contributed by atoms with Gasteiger partial charge in [-0.1, -0.05) is 26.0 Å². The summed E-state index contributed by atoms with van der Waals surface area (Å²) in [7, 11) is 1.73. The molecule has 0 bridgehead atoms. The van der Waals surface area contributed by atoms with E-state index < -0.39 is 5.97 Å². The number of aromatic amines is 1. The summed E-state index contributed by atoms with van der Waals surface area (Å²) in [5.74, 6) is 0.668. The van der Waals surface area contributed by atoms with Gasteiger partial charge in [-0.3, -0.25) is 4.90 Å². The zero-order valence-corrected chi connectivity index (χ0v) is 21.1. The lowest BCUT2D eigenvalue weighted by molar-refractivity contribution is -0.0254. The summed E-state index contributed by atoms with van der Waals surface area (Å²) in [6.45, 7) is 9.22. The first-order valence-corrected chi connectivity index (χ1v) is 12.6. The lowest BCUT2D eigenvalue weighted by Gasteiger charge is -2.40. The maximum atomic E-state index is 11.4. The normalized spacial score (nSPS) is 23.9. The van der Waals surface area contributed by atoms with Gasteiger partial charge in [-0.25, -0.2) is 4.79 Å². The average Bonchev–Trinajstić information content (AvgIpc) is 3.20. The van der Waals surface area contributed by atoms with E-state index in [1.54, 1.807) is 19.2 Å². The van der Waals surface area contributed by atoms with Crippen molar-refractivity contribution in [3.05, 3.63) is 64.8 Å². The van der Waals surface area contributed by atoms with Gasteiger partial charge in [0.15, 0.2) is 0 Å². The van der Waals surface area contributed by atoms with E-state index in [0.717, 1.165) is 49.4 Å². The molecule has 0 spiro atoms. The first-order valence-electron chi connectivity index (χ1n) is 12.6. The maximum Gasteiger partial charge on any atom is 0.335 e. The van der Waals surface area contributed by atoms with Crippen LogP contribution in [0, 0.1) is 18.3 Å². The number of ether oxygens (including phenoxy) is 2. The number of methoxy groups -OCH3 is 1. The number of likely N-dealkylation sites (tertiary alicyclic amines) is 1. The predicted molar refractivity (Wildman–Crippen MR) is 137 cm³/mol. The van der Waals surface area contributed by atoms with E-state index in [0.29, 0.717) is 16.9 Å². The number of hydrogen-bond acceptors (Lipinski definition) is 4. The number of fused-ring (bicyclic) bond motifs is 1. The highest BCUT2D eigenvalue weighted by atomic mass is 16.5. The molecule has 5 rings (SSSR count). The molecule has 2 heterocycles. The van der Waals surface area contributed by atoms with Gasteiger partial charge in [-0.2, -0.15) is 0 Å². The van der Waals surface area contributed by atoms with Crippen LogP contribution in [0.5, 0.6) is 5.75 Å². The summed E-state index contributed by atoms with van der Waals surface area (Å²) in [5.41, 5.74) is 5.35. The highest BCUT2D eigenvalue weighted by molar-refractivity contribution is 5.88. The van der Waals surface area contributed by atoms with Crippen molar-refractivity contribution in [3.63, 3.8) is 0 Å². The van der Waals surface area contributed by atoms with Crippen molar-refractivity contribution in [3.8, 4) is 5.75 Å². The van der Waals surface area contributed by atoms with Gasteiger partial charge in [-0.05, 0) is 72.9 Å². The molecule has 1 unspecified atom stereocenters. The summed E-state index contributed by atoms with van der Waals surface area (Å²) in [6, 6.07) is 11.7. The number of H-pyrrole nitrogens is 1.